The molecule has 2 aliphatic rings. The molecule has 1 aliphatic heterocycles. The van der Waals surface area contributed by atoms with E-state index in [4.69, 9.17) is 9.47 Å². The van der Waals surface area contributed by atoms with Crippen LogP contribution in [-0.2, 0) is 16.6 Å². The molecule has 0 unspecified atom stereocenters. The molecule has 0 spiro atoms. The first-order valence-electron chi connectivity index (χ1n) is 9.76. The Morgan fingerprint density at radius 2 is 1.76 bits per heavy atom. The molecule has 4 rings (SSSR count). The Balaban J connectivity index is 1.47. The number of rotatable bonds is 7. The van der Waals surface area contributed by atoms with E-state index < -0.39 is 10.0 Å². The minimum absolute atomic E-state index is 0.0443. The predicted octanol–water partition coefficient (Wildman–Crippen LogP) is 2.56. The molecule has 0 saturated heterocycles. The van der Waals surface area contributed by atoms with Gasteiger partial charge >= 0.3 is 0 Å². The Kier molecular flexibility index (Phi) is 5.47. The number of amides is 1. The van der Waals surface area contributed by atoms with Crippen LogP contribution in [0.5, 0.6) is 11.5 Å². The van der Waals surface area contributed by atoms with Gasteiger partial charge in [0.05, 0.1) is 4.90 Å². The van der Waals surface area contributed by atoms with Crippen molar-refractivity contribution in [3.8, 4) is 11.5 Å². The lowest BCUT2D eigenvalue weighted by Gasteiger charge is -2.23. The summed E-state index contributed by atoms with van der Waals surface area (Å²) in [5.74, 6) is 1.25. The molecule has 1 fully saturated rings. The number of carbonyl (C=O) groups excluding carboxylic acids is 1. The highest BCUT2D eigenvalue weighted by Crippen LogP contribution is 2.31. The van der Waals surface area contributed by atoms with Gasteiger partial charge in [0.1, 0.15) is 13.2 Å². The average molecular weight is 416 g/mol. The molecule has 0 atom stereocenters. The number of nitrogens with one attached hydrogen (secondary N) is 1. The van der Waals surface area contributed by atoms with Crippen LogP contribution in [0.3, 0.4) is 0 Å². The number of carbonyl (C=O) groups is 1. The molecule has 2 aromatic rings. The third-order valence-electron chi connectivity index (χ3n) is 4.96. The number of ether oxygens (including phenoxy) is 2. The summed E-state index contributed by atoms with van der Waals surface area (Å²) < 4.78 is 38.4. The smallest absolute Gasteiger partial charge is 0.254 e. The molecule has 1 heterocycles. The molecular weight excluding hydrogens is 392 g/mol. The van der Waals surface area contributed by atoms with E-state index >= 15 is 0 Å². The van der Waals surface area contributed by atoms with Gasteiger partial charge in [-0.3, -0.25) is 4.79 Å². The molecule has 0 bridgehead atoms. The van der Waals surface area contributed by atoms with Gasteiger partial charge in [-0.25, -0.2) is 13.1 Å². The Hall–Kier alpha value is -2.58. The van der Waals surface area contributed by atoms with Gasteiger partial charge in [0.15, 0.2) is 11.5 Å². The van der Waals surface area contributed by atoms with E-state index in [-0.39, 0.29) is 16.8 Å². The van der Waals surface area contributed by atoms with E-state index in [9.17, 15) is 13.2 Å². The van der Waals surface area contributed by atoms with Crippen LogP contribution in [0.15, 0.2) is 47.4 Å². The maximum atomic E-state index is 12.9. The standard InChI is InChI=1S/C21H24N2O5S/c1-2-23(14-15-3-10-19-20(13-15)28-12-11-27-19)21(24)16-4-8-18(9-5-16)29(25,26)22-17-6-7-17/h3-5,8-10,13,17,22H,2,6-7,11-12,14H2,1H3. The van der Waals surface area contributed by atoms with E-state index in [2.05, 4.69) is 4.72 Å². The Bertz CT molecular complexity index is 1000. The second kappa shape index (κ2) is 8.04. The number of hydrogen-bond acceptors (Lipinski definition) is 5. The molecule has 0 aromatic heterocycles. The minimum atomic E-state index is -3.52. The van der Waals surface area contributed by atoms with Gasteiger partial charge in [0, 0.05) is 24.7 Å². The van der Waals surface area contributed by atoms with E-state index in [1.165, 1.54) is 12.1 Å². The van der Waals surface area contributed by atoms with Crippen molar-refractivity contribution in [1.82, 2.24) is 9.62 Å². The summed E-state index contributed by atoms with van der Waals surface area (Å²) in [5.41, 5.74) is 1.40. The van der Waals surface area contributed by atoms with Crippen LogP contribution >= 0.6 is 0 Å². The highest BCUT2D eigenvalue weighted by molar-refractivity contribution is 7.89. The average Bonchev–Trinajstić information content (AvgIpc) is 3.55. The number of nitrogens with zero attached hydrogens (tertiary/aromatic N) is 1. The number of sulfonamides is 1. The van der Waals surface area contributed by atoms with Crippen LogP contribution < -0.4 is 14.2 Å². The summed E-state index contributed by atoms with van der Waals surface area (Å²) in [6.07, 6.45) is 1.75. The van der Waals surface area contributed by atoms with Crippen molar-refractivity contribution in [3.05, 3.63) is 53.6 Å². The first-order chi connectivity index (χ1) is 14.0. The van der Waals surface area contributed by atoms with Crippen LogP contribution in [0.2, 0.25) is 0 Å². The van der Waals surface area contributed by atoms with Crippen molar-refractivity contribution < 1.29 is 22.7 Å². The monoisotopic (exact) mass is 416 g/mol. The summed E-state index contributed by atoms with van der Waals surface area (Å²) in [5, 5.41) is 0. The fourth-order valence-corrected chi connectivity index (χ4v) is 4.49. The van der Waals surface area contributed by atoms with Crippen molar-refractivity contribution >= 4 is 15.9 Å². The van der Waals surface area contributed by atoms with Crippen molar-refractivity contribution in [2.24, 2.45) is 0 Å². The molecular formula is C21H24N2O5S. The quantitative estimate of drug-likeness (QED) is 0.750. The zero-order chi connectivity index (χ0) is 20.4. The Labute approximate surface area is 170 Å². The minimum Gasteiger partial charge on any atom is -0.486 e. The Morgan fingerprint density at radius 3 is 2.41 bits per heavy atom. The summed E-state index contributed by atoms with van der Waals surface area (Å²) in [6, 6.07) is 11.8. The van der Waals surface area contributed by atoms with Crippen molar-refractivity contribution in [2.75, 3.05) is 19.8 Å². The van der Waals surface area contributed by atoms with E-state index in [0.717, 1.165) is 18.4 Å². The molecule has 7 nitrogen and oxygen atoms in total. The van der Waals surface area contributed by atoms with Gasteiger partial charge in [-0.2, -0.15) is 0 Å². The van der Waals surface area contributed by atoms with Gasteiger partial charge in [0.25, 0.3) is 5.91 Å². The van der Waals surface area contributed by atoms with Crippen LogP contribution in [0.25, 0.3) is 0 Å². The molecule has 154 valence electrons. The molecule has 1 saturated carbocycles. The molecule has 29 heavy (non-hydrogen) atoms. The number of hydrogen-bond donors (Lipinski definition) is 1. The molecule has 1 amide bonds. The zero-order valence-electron chi connectivity index (χ0n) is 16.3. The van der Waals surface area contributed by atoms with Crippen LogP contribution in [-0.4, -0.2) is 45.0 Å². The summed E-state index contributed by atoms with van der Waals surface area (Å²) >= 11 is 0. The second-order valence-electron chi connectivity index (χ2n) is 7.22. The van der Waals surface area contributed by atoms with E-state index in [1.54, 1.807) is 17.0 Å². The number of fused-ring (bicyclic) bond motifs is 1. The van der Waals surface area contributed by atoms with E-state index in [0.29, 0.717) is 43.4 Å². The van der Waals surface area contributed by atoms with Gasteiger partial charge in [0.2, 0.25) is 10.0 Å². The Morgan fingerprint density at radius 1 is 1.07 bits per heavy atom. The lowest BCUT2D eigenvalue weighted by molar-refractivity contribution is 0.0752. The van der Waals surface area contributed by atoms with Crippen molar-refractivity contribution in [1.29, 1.82) is 0 Å². The topological polar surface area (TPSA) is 84.9 Å². The fourth-order valence-electron chi connectivity index (χ4n) is 3.18. The lowest BCUT2D eigenvalue weighted by Crippen LogP contribution is -2.30. The van der Waals surface area contributed by atoms with Gasteiger partial charge in [-0.1, -0.05) is 6.07 Å². The summed E-state index contributed by atoms with van der Waals surface area (Å²) in [4.78, 5) is 14.8. The van der Waals surface area contributed by atoms with Crippen molar-refractivity contribution in [3.63, 3.8) is 0 Å². The third-order valence-corrected chi connectivity index (χ3v) is 6.50. The van der Waals surface area contributed by atoms with Gasteiger partial charge in [-0.05, 0) is 61.7 Å². The maximum absolute atomic E-state index is 12.9. The summed E-state index contributed by atoms with van der Waals surface area (Å²) in [6.45, 7) is 3.91. The van der Waals surface area contributed by atoms with Crippen molar-refractivity contribution in [2.45, 2.75) is 37.2 Å². The van der Waals surface area contributed by atoms with E-state index in [1.807, 2.05) is 25.1 Å². The lowest BCUT2D eigenvalue weighted by atomic mass is 10.1. The first kappa shape index (κ1) is 19.7. The second-order valence-corrected chi connectivity index (χ2v) is 8.93. The van der Waals surface area contributed by atoms with Gasteiger partial charge in [-0.15, -0.1) is 0 Å². The largest absolute Gasteiger partial charge is 0.486 e. The molecule has 2 aromatic carbocycles. The highest BCUT2D eigenvalue weighted by Gasteiger charge is 2.28. The highest BCUT2D eigenvalue weighted by atomic mass is 32.2. The third kappa shape index (κ3) is 4.54. The molecule has 1 N–H and O–H groups in total. The molecule has 1 aliphatic carbocycles. The molecule has 0 radical (unpaired) electrons. The summed E-state index contributed by atoms with van der Waals surface area (Å²) in [7, 11) is -3.52. The van der Waals surface area contributed by atoms with Crippen LogP contribution in [0.1, 0.15) is 35.7 Å². The SMILES string of the molecule is CCN(Cc1ccc2c(c1)OCCO2)C(=O)c1ccc(S(=O)(=O)NC2CC2)cc1. The van der Waals surface area contributed by atoms with Gasteiger partial charge < -0.3 is 14.4 Å². The fraction of sp³-hybridized carbons (Fsp3) is 0.381. The zero-order valence-corrected chi connectivity index (χ0v) is 17.1. The normalized spacial score (nSPS) is 15.8. The number of benzene rings is 2. The predicted molar refractivity (Wildman–Crippen MR) is 108 cm³/mol. The maximum Gasteiger partial charge on any atom is 0.254 e. The van der Waals surface area contributed by atoms with Crippen LogP contribution in [0.4, 0.5) is 0 Å². The van der Waals surface area contributed by atoms with Crippen LogP contribution in [0, 0.1) is 0 Å². The first-order valence-corrected chi connectivity index (χ1v) is 11.2. The molecule has 8 heteroatoms.